The van der Waals surface area contributed by atoms with E-state index in [0.717, 1.165) is 13.0 Å². The van der Waals surface area contributed by atoms with E-state index in [0.29, 0.717) is 0 Å². The molecule has 0 aliphatic heterocycles. The predicted molar refractivity (Wildman–Crippen MR) is 101 cm³/mol. The normalized spacial score (nSPS) is 11.5. The molecule has 0 heterocycles. The molecule has 0 unspecified atom stereocenters. The minimum atomic E-state index is -2.52. The second-order valence-electron chi connectivity index (χ2n) is 7.36. The Labute approximate surface area is 162 Å². The molecule has 0 fully saturated rings. The topological polar surface area (TPSA) is 77.3 Å². The number of aliphatic hydroxyl groups is 3. The summed E-state index contributed by atoms with van der Waals surface area (Å²) in [4.78, 5) is 0. The maximum atomic E-state index is 8.73. The molecule has 0 aromatic carbocycles. The molecule has 0 amide bonds. The van der Waals surface area contributed by atoms with Gasteiger partial charge in [-0.1, -0.05) is 96.8 Å². The fourth-order valence-electron chi connectivity index (χ4n) is 3.13. The van der Waals surface area contributed by atoms with Gasteiger partial charge < -0.3 is 33.0 Å². The van der Waals surface area contributed by atoms with Crippen molar-refractivity contribution in [1.82, 2.24) is 0 Å². The Morgan fingerprint density at radius 3 is 1.20 bits per heavy atom. The van der Waals surface area contributed by atoms with Gasteiger partial charge in [0.2, 0.25) is 0 Å². The first kappa shape index (κ1) is 27.3. The zero-order valence-electron chi connectivity index (χ0n) is 16.5. The van der Waals surface area contributed by atoms with Gasteiger partial charge in [-0.3, -0.25) is 0 Å². The monoisotopic (exact) mass is 381 g/mol. The van der Waals surface area contributed by atoms with Crippen LogP contribution in [0.25, 0.3) is 0 Å². The third-order valence-electron chi connectivity index (χ3n) is 4.68. The van der Waals surface area contributed by atoms with Crippen LogP contribution in [-0.2, 0) is 0 Å². The van der Waals surface area contributed by atoms with E-state index >= 15 is 0 Å². The first-order valence-corrected chi connectivity index (χ1v) is 10.5. The molecule has 0 aromatic rings. The molecule has 0 aliphatic carbocycles. The van der Waals surface area contributed by atoms with Crippen molar-refractivity contribution < 1.29 is 33.0 Å². The fourth-order valence-corrected chi connectivity index (χ4v) is 3.13. The standard InChI is InChI=1S/C20H43NO3.ClH/c1-2-3-4-5-6-7-8-9-10-11-12-13-14-15-16-17-18-21-19-20(22,23)24;/h21-24H,2-19H2,1H3;1H. The summed E-state index contributed by atoms with van der Waals surface area (Å²) in [6, 6.07) is 0. The molecule has 0 aromatic heterocycles. The highest BCUT2D eigenvalue weighted by Crippen LogP contribution is 2.13. The molecule has 0 atom stereocenters. The molecule has 0 saturated heterocycles. The lowest BCUT2D eigenvalue weighted by atomic mass is 10.0. The summed E-state index contributed by atoms with van der Waals surface area (Å²) in [5, 5.41) is 28.0. The van der Waals surface area contributed by atoms with Gasteiger partial charge in [-0.2, -0.15) is 0 Å². The molecule has 0 radical (unpaired) electrons. The van der Waals surface area contributed by atoms with Crippen molar-refractivity contribution in [2.24, 2.45) is 0 Å². The maximum Gasteiger partial charge on any atom is 0.327 e. The summed E-state index contributed by atoms with van der Waals surface area (Å²) in [6.45, 7) is 3.06. The third-order valence-corrected chi connectivity index (χ3v) is 4.68. The molecule has 0 saturated carbocycles. The van der Waals surface area contributed by atoms with E-state index in [2.05, 4.69) is 6.92 Å². The molecule has 5 heteroatoms. The Hall–Kier alpha value is 0.130. The van der Waals surface area contributed by atoms with Crippen molar-refractivity contribution in [3.05, 3.63) is 0 Å². The molecule has 5 N–H and O–H groups in total. The number of hydrogen-bond acceptors (Lipinski definition) is 3. The number of rotatable bonds is 19. The Balaban J connectivity index is 0. The number of unbranched alkanes of at least 4 members (excludes halogenated alkanes) is 15. The molecule has 4 nitrogen and oxygen atoms in total. The number of nitrogens with two attached hydrogens (primary N) is 1. The highest BCUT2D eigenvalue weighted by molar-refractivity contribution is 4.49. The zero-order valence-corrected chi connectivity index (χ0v) is 17.3. The minimum absolute atomic E-state index is 0. The second-order valence-corrected chi connectivity index (χ2v) is 7.36. The number of hydrogen-bond donors (Lipinski definition) is 4. The fraction of sp³-hybridized carbons (Fsp3) is 1.00. The predicted octanol–water partition coefficient (Wildman–Crippen LogP) is 0.446. The lowest BCUT2D eigenvalue weighted by Crippen LogP contribution is -3.00. The smallest absolute Gasteiger partial charge is 0.327 e. The van der Waals surface area contributed by atoms with Gasteiger partial charge in [-0.05, 0) is 12.8 Å². The van der Waals surface area contributed by atoms with Crippen molar-refractivity contribution in [1.29, 1.82) is 0 Å². The van der Waals surface area contributed by atoms with Gasteiger partial charge in [0.05, 0.1) is 6.54 Å². The quantitative estimate of drug-likeness (QED) is 0.194. The van der Waals surface area contributed by atoms with Gasteiger partial charge in [-0.15, -0.1) is 0 Å². The second kappa shape index (κ2) is 20.4. The Morgan fingerprint density at radius 2 is 0.880 bits per heavy atom. The lowest BCUT2D eigenvalue weighted by Gasteiger charge is -2.11. The number of quaternary nitrogens is 1. The summed E-state index contributed by atoms with van der Waals surface area (Å²) in [5.74, 6) is -2.52. The van der Waals surface area contributed by atoms with Crippen LogP contribution in [0, 0.1) is 0 Å². The van der Waals surface area contributed by atoms with E-state index < -0.39 is 5.97 Å². The van der Waals surface area contributed by atoms with Gasteiger partial charge in [0.1, 0.15) is 0 Å². The van der Waals surface area contributed by atoms with Gasteiger partial charge >= 0.3 is 5.97 Å². The Morgan fingerprint density at radius 1 is 0.560 bits per heavy atom. The third kappa shape index (κ3) is 26.5. The summed E-state index contributed by atoms with van der Waals surface area (Å²) >= 11 is 0. The molecular weight excluding hydrogens is 338 g/mol. The van der Waals surface area contributed by atoms with E-state index in [4.69, 9.17) is 15.3 Å². The van der Waals surface area contributed by atoms with Crippen LogP contribution in [0.15, 0.2) is 0 Å². The van der Waals surface area contributed by atoms with Crippen LogP contribution in [0.4, 0.5) is 0 Å². The van der Waals surface area contributed by atoms with Crippen LogP contribution in [-0.4, -0.2) is 34.4 Å². The average Bonchev–Trinajstić information content (AvgIpc) is 2.52. The van der Waals surface area contributed by atoms with Crippen LogP contribution >= 0.6 is 0 Å². The lowest BCUT2D eigenvalue weighted by molar-refractivity contribution is -0.688. The first-order valence-electron chi connectivity index (χ1n) is 10.5. The van der Waals surface area contributed by atoms with Crippen molar-refractivity contribution >= 4 is 0 Å². The van der Waals surface area contributed by atoms with Gasteiger partial charge in [0.25, 0.3) is 0 Å². The van der Waals surface area contributed by atoms with Crippen LogP contribution in [0.1, 0.15) is 110 Å². The molecule has 0 spiro atoms. The van der Waals surface area contributed by atoms with Gasteiger partial charge in [-0.25, -0.2) is 0 Å². The van der Waals surface area contributed by atoms with Crippen molar-refractivity contribution in [2.45, 2.75) is 116 Å². The van der Waals surface area contributed by atoms with E-state index in [1.165, 1.54) is 96.3 Å². The van der Waals surface area contributed by atoms with E-state index in [9.17, 15) is 0 Å². The average molecular weight is 382 g/mol. The largest absolute Gasteiger partial charge is 1.00 e. The molecule has 0 aliphatic rings. The Kier molecular flexibility index (Phi) is 22.4. The molecular formula is C20H44ClNO3. The van der Waals surface area contributed by atoms with Crippen LogP contribution in [0.3, 0.4) is 0 Å². The molecule has 0 rings (SSSR count). The van der Waals surface area contributed by atoms with E-state index in [1.807, 2.05) is 0 Å². The highest BCUT2D eigenvalue weighted by Gasteiger charge is 2.19. The van der Waals surface area contributed by atoms with Crippen molar-refractivity contribution in [3.8, 4) is 0 Å². The Bertz CT molecular complexity index is 248. The molecule has 0 bridgehead atoms. The zero-order chi connectivity index (χ0) is 17.9. The van der Waals surface area contributed by atoms with Crippen LogP contribution in [0.2, 0.25) is 0 Å². The van der Waals surface area contributed by atoms with Crippen LogP contribution < -0.4 is 17.7 Å². The van der Waals surface area contributed by atoms with Gasteiger partial charge in [0, 0.05) is 0 Å². The van der Waals surface area contributed by atoms with E-state index in [-0.39, 0.29) is 19.0 Å². The molecule has 154 valence electrons. The van der Waals surface area contributed by atoms with Gasteiger partial charge in [0.15, 0.2) is 6.54 Å². The highest BCUT2D eigenvalue weighted by atomic mass is 35.5. The van der Waals surface area contributed by atoms with Crippen LogP contribution in [0.5, 0.6) is 0 Å². The van der Waals surface area contributed by atoms with E-state index in [1.54, 1.807) is 5.32 Å². The van der Waals surface area contributed by atoms with Crippen molar-refractivity contribution in [2.75, 3.05) is 13.1 Å². The number of halogens is 1. The van der Waals surface area contributed by atoms with Crippen molar-refractivity contribution in [3.63, 3.8) is 0 Å². The summed E-state index contributed by atoms with van der Waals surface area (Å²) in [6.07, 6.45) is 21.8. The maximum absolute atomic E-state index is 8.73. The summed E-state index contributed by atoms with van der Waals surface area (Å²) in [7, 11) is 0. The SMILES string of the molecule is CCCCCCCCCCCCCCCCCC[NH2+]CC(O)(O)O.[Cl-]. The summed E-state index contributed by atoms with van der Waals surface area (Å²) < 4.78 is 0. The molecule has 25 heavy (non-hydrogen) atoms. The minimum Gasteiger partial charge on any atom is -1.00 e. The first-order chi connectivity index (χ1) is 11.6. The summed E-state index contributed by atoms with van der Waals surface area (Å²) in [5.41, 5.74) is 0.